The Morgan fingerprint density at radius 3 is 0.941 bits per heavy atom. The molecule has 0 unspecified atom stereocenters. The molecule has 10 rings (SSSR count). The van der Waals surface area contributed by atoms with E-state index in [0.29, 0.717) is 0 Å². The average Bonchev–Trinajstić information content (AvgIpc) is 2.90. The van der Waals surface area contributed by atoms with E-state index in [4.69, 9.17) is 0 Å². The van der Waals surface area contributed by atoms with Crippen LogP contribution in [0, 0.1) is 0 Å². The Bertz CT molecular complexity index is 2250. The second-order valence-corrected chi connectivity index (χ2v) is 10.0. The minimum atomic E-state index is 1.33. The molecule has 0 radical (unpaired) electrons. The molecule has 0 N–H and O–H groups in total. The van der Waals surface area contributed by atoms with Crippen LogP contribution in [0.25, 0.3) is 97.0 Å². The maximum atomic E-state index is 2.39. The third kappa shape index (κ3) is 1.54. The van der Waals surface area contributed by atoms with Crippen molar-refractivity contribution in [3.05, 3.63) is 97.1 Å². The van der Waals surface area contributed by atoms with Gasteiger partial charge in [0, 0.05) is 0 Å². The lowest BCUT2D eigenvalue weighted by atomic mass is 9.79. The lowest BCUT2D eigenvalue weighted by Crippen LogP contribution is -1.95. The van der Waals surface area contributed by atoms with Gasteiger partial charge in [-0.25, -0.2) is 0 Å². The van der Waals surface area contributed by atoms with Crippen LogP contribution in [0.1, 0.15) is 0 Å². The van der Waals surface area contributed by atoms with Crippen LogP contribution in [0.15, 0.2) is 97.1 Å². The first-order valence-electron chi connectivity index (χ1n) is 12.0. The minimum absolute atomic E-state index is 1.33. The third-order valence-corrected chi connectivity index (χ3v) is 8.63. The van der Waals surface area contributed by atoms with Crippen molar-refractivity contribution in [2.45, 2.75) is 0 Å². The molecule has 0 aliphatic carbocycles. The first-order chi connectivity index (χ1) is 16.9. The van der Waals surface area contributed by atoms with Gasteiger partial charge in [0.25, 0.3) is 0 Å². The molecule has 0 saturated heterocycles. The fourth-order valence-corrected chi connectivity index (χ4v) is 7.38. The van der Waals surface area contributed by atoms with Crippen molar-refractivity contribution in [1.29, 1.82) is 0 Å². The highest BCUT2D eigenvalue weighted by atomic mass is 14.3. The van der Waals surface area contributed by atoms with Crippen LogP contribution in [0.5, 0.6) is 0 Å². The van der Waals surface area contributed by atoms with Crippen LogP contribution in [0.3, 0.4) is 0 Å². The van der Waals surface area contributed by atoms with E-state index in [-0.39, 0.29) is 0 Å². The van der Waals surface area contributed by atoms with E-state index in [1.54, 1.807) is 0 Å². The summed E-state index contributed by atoms with van der Waals surface area (Å²) in [6.45, 7) is 0. The predicted molar refractivity (Wildman–Crippen MR) is 149 cm³/mol. The summed E-state index contributed by atoms with van der Waals surface area (Å²) >= 11 is 0. The molecular weight excluding hydrogens is 408 g/mol. The minimum Gasteiger partial charge on any atom is -0.0610 e. The number of hydrogen-bond donors (Lipinski definition) is 0. The van der Waals surface area contributed by atoms with E-state index in [1.165, 1.54) is 97.0 Å². The Labute approximate surface area is 193 Å². The molecule has 0 aliphatic heterocycles. The van der Waals surface area contributed by atoms with Gasteiger partial charge in [-0.05, 0) is 97.0 Å². The molecule has 0 saturated carbocycles. The molecule has 10 aromatic rings. The number of rotatable bonds is 0. The van der Waals surface area contributed by atoms with E-state index in [9.17, 15) is 0 Å². The highest BCUT2D eigenvalue weighted by Gasteiger charge is 2.24. The maximum Gasteiger partial charge on any atom is -0.000718 e. The highest BCUT2D eigenvalue weighted by Crippen LogP contribution is 2.53. The molecule has 0 fully saturated rings. The smallest absolute Gasteiger partial charge is 0.000718 e. The van der Waals surface area contributed by atoms with E-state index in [2.05, 4.69) is 97.1 Å². The monoisotopic (exact) mass is 424 g/mol. The van der Waals surface area contributed by atoms with Crippen molar-refractivity contribution in [3.8, 4) is 0 Å². The molecule has 0 spiro atoms. The van der Waals surface area contributed by atoms with Crippen molar-refractivity contribution in [1.82, 2.24) is 0 Å². The first kappa shape index (κ1) is 16.2. The highest BCUT2D eigenvalue weighted by molar-refractivity contribution is 6.51. The van der Waals surface area contributed by atoms with Gasteiger partial charge in [0.1, 0.15) is 0 Å². The second-order valence-electron chi connectivity index (χ2n) is 10.0. The van der Waals surface area contributed by atoms with Crippen LogP contribution in [-0.4, -0.2) is 0 Å². The van der Waals surface area contributed by atoms with Gasteiger partial charge in [0.15, 0.2) is 0 Å². The van der Waals surface area contributed by atoms with E-state index >= 15 is 0 Å². The summed E-state index contributed by atoms with van der Waals surface area (Å²) in [7, 11) is 0. The Balaban J connectivity index is 1.73. The fourth-order valence-electron chi connectivity index (χ4n) is 7.38. The number of hydrogen-bond acceptors (Lipinski definition) is 0. The Morgan fingerprint density at radius 2 is 0.500 bits per heavy atom. The second kappa shape index (κ2) is 5.05. The van der Waals surface area contributed by atoms with Crippen molar-refractivity contribution < 1.29 is 0 Å². The van der Waals surface area contributed by atoms with Gasteiger partial charge in [0.2, 0.25) is 0 Å². The number of benzene rings is 10. The average molecular weight is 425 g/mol. The van der Waals surface area contributed by atoms with Gasteiger partial charge in [-0.3, -0.25) is 0 Å². The van der Waals surface area contributed by atoms with Gasteiger partial charge >= 0.3 is 0 Å². The maximum absolute atomic E-state index is 2.39. The molecule has 0 heterocycles. The van der Waals surface area contributed by atoms with Gasteiger partial charge in [-0.1, -0.05) is 97.1 Å². The van der Waals surface area contributed by atoms with Crippen LogP contribution in [0.2, 0.25) is 0 Å². The van der Waals surface area contributed by atoms with Crippen LogP contribution in [0.4, 0.5) is 0 Å². The zero-order chi connectivity index (χ0) is 21.7. The van der Waals surface area contributed by atoms with Gasteiger partial charge in [0.05, 0.1) is 0 Å². The first-order valence-corrected chi connectivity index (χ1v) is 12.0. The summed E-state index contributed by atoms with van der Waals surface area (Å²) in [6.07, 6.45) is 0. The van der Waals surface area contributed by atoms with Crippen LogP contribution >= 0.6 is 0 Å². The molecule has 152 valence electrons. The van der Waals surface area contributed by atoms with Crippen molar-refractivity contribution in [2.24, 2.45) is 0 Å². The van der Waals surface area contributed by atoms with E-state index in [1.807, 2.05) is 0 Å². The summed E-state index contributed by atoms with van der Waals surface area (Å²) in [5.41, 5.74) is 0. The number of fused-ring (bicyclic) bond motifs is 3. The fraction of sp³-hybridized carbons (Fsp3) is 0. The lowest BCUT2D eigenvalue weighted by molar-refractivity contribution is 1.80. The Morgan fingerprint density at radius 1 is 0.206 bits per heavy atom. The standard InChI is InChI=1S/C34H16/c1-3-17-7-9-19-11-13-23-24-14-12-20-10-8-18-4-2-6-22-26-16-15-25-21(5-1)27(17)29(19)31(23)33(25)34(26)32(24)30(20)28(18)22/h1-16H. The topological polar surface area (TPSA) is 0 Å². The molecular formula is C34H16. The predicted octanol–water partition coefficient (Wildman–Crippen LogP) is 9.82. The summed E-state index contributed by atoms with van der Waals surface area (Å²) in [6, 6.07) is 37.0. The lowest BCUT2D eigenvalue weighted by Gasteiger charge is -2.23. The normalized spacial score (nSPS) is 13.3. The van der Waals surface area contributed by atoms with Crippen molar-refractivity contribution >= 4 is 97.0 Å². The quantitative estimate of drug-likeness (QED) is 0.168. The van der Waals surface area contributed by atoms with Crippen molar-refractivity contribution in [3.63, 3.8) is 0 Å². The zero-order valence-electron chi connectivity index (χ0n) is 18.2. The molecule has 0 atom stereocenters. The largest absolute Gasteiger partial charge is 0.0610 e. The summed E-state index contributed by atoms with van der Waals surface area (Å²) in [5, 5.41) is 25.0. The summed E-state index contributed by atoms with van der Waals surface area (Å²) in [5.74, 6) is 0. The van der Waals surface area contributed by atoms with E-state index < -0.39 is 0 Å². The van der Waals surface area contributed by atoms with Crippen molar-refractivity contribution in [2.75, 3.05) is 0 Å². The molecule has 10 aromatic carbocycles. The third-order valence-electron chi connectivity index (χ3n) is 8.63. The molecule has 0 bridgehead atoms. The SMILES string of the molecule is c1cc2ccc3ccc4c5ccc6ccc7cccc8c9ccc%10c(c1)c2c3c4c%10c9c5c6c78. The molecule has 0 amide bonds. The Kier molecular flexibility index (Phi) is 2.41. The van der Waals surface area contributed by atoms with Gasteiger partial charge in [-0.15, -0.1) is 0 Å². The summed E-state index contributed by atoms with van der Waals surface area (Å²) < 4.78 is 0. The molecule has 0 aliphatic rings. The Hall–Kier alpha value is -4.42. The van der Waals surface area contributed by atoms with Crippen LogP contribution < -0.4 is 0 Å². The van der Waals surface area contributed by atoms with Crippen LogP contribution in [-0.2, 0) is 0 Å². The molecule has 0 nitrogen and oxygen atoms in total. The van der Waals surface area contributed by atoms with Gasteiger partial charge < -0.3 is 0 Å². The summed E-state index contributed by atoms with van der Waals surface area (Å²) in [4.78, 5) is 0. The molecule has 0 heteroatoms. The molecule has 0 aromatic heterocycles. The van der Waals surface area contributed by atoms with Gasteiger partial charge in [-0.2, -0.15) is 0 Å². The zero-order valence-corrected chi connectivity index (χ0v) is 18.2. The van der Waals surface area contributed by atoms with E-state index in [0.717, 1.165) is 0 Å². The molecule has 34 heavy (non-hydrogen) atoms.